The Balaban J connectivity index is 0.00000147. The average molecular weight is 296 g/mol. The van der Waals surface area contributed by atoms with E-state index in [9.17, 15) is 5.11 Å². The van der Waals surface area contributed by atoms with Gasteiger partial charge in [-0.1, -0.05) is 43.2 Å². The fourth-order valence-electron chi connectivity index (χ4n) is 3.81. The van der Waals surface area contributed by atoms with Crippen molar-refractivity contribution in [3.8, 4) is 0 Å². The Kier molecular flexibility index (Phi) is 5.88. The third-order valence-electron chi connectivity index (χ3n) is 4.96. The smallest absolute Gasteiger partial charge is 0.0695 e. The largest absolute Gasteiger partial charge is 0.391 e. The Morgan fingerprint density at radius 2 is 1.55 bits per heavy atom. The summed E-state index contributed by atoms with van der Waals surface area (Å²) in [6.45, 7) is 2.31. The highest BCUT2D eigenvalue weighted by molar-refractivity contribution is 5.85. The quantitative estimate of drug-likeness (QED) is 0.901. The molecule has 1 aromatic rings. The van der Waals surface area contributed by atoms with Crippen LogP contribution in [0.2, 0.25) is 0 Å². The van der Waals surface area contributed by atoms with Crippen LogP contribution in [0.4, 0.5) is 0 Å². The number of hydrogen-bond donors (Lipinski definition) is 1. The van der Waals surface area contributed by atoms with E-state index in [4.69, 9.17) is 0 Å². The lowest BCUT2D eigenvalue weighted by Crippen LogP contribution is -2.48. The van der Waals surface area contributed by atoms with Crippen LogP contribution in [0.5, 0.6) is 0 Å². The lowest BCUT2D eigenvalue weighted by molar-refractivity contribution is 0.00871. The van der Waals surface area contributed by atoms with Gasteiger partial charge >= 0.3 is 0 Å². The molecule has 0 amide bonds. The summed E-state index contributed by atoms with van der Waals surface area (Å²) >= 11 is 0. The van der Waals surface area contributed by atoms with E-state index in [1.807, 2.05) is 0 Å². The van der Waals surface area contributed by atoms with Crippen LogP contribution in [-0.2, 0) is 0 Å². The van der Waals surface area contributed by atoms with Crippen molar-refractivity contribution in [3.63, 3.8) is 0 Å². The second-order valence-corrected chi connectivity index (χ2v) is 6.14. The van der Waals surface area contributed by atoms with Gasteiger partial charge in [0.05, 0.1) is 6.10 Å². The van der Waals surface area contributed by atoms with Crippen molar-refractivity contribution in [3.05, 3.63) is 35.9 Å². The molecule has 2 atom stereocenters. The number of hydrogen-bond acceptors (Lipinski definition) is 2. The Bertz CT molecular complexity index is 389. The van der Waals surface area contributed by atoms with Gasteiger partial charge in [-0.2, -0.15) is 0 Å². The van der Waals surface area contributed by atoms with E-state index in [2.05, 4.69) is 35.2 Å². The van der Waals surface area contributed by atoms with E-state index >= 15 is 0 Å². The van der Waals surface area contributed by atoms with Crippen LogP contribution in [0.25, 0.3) is 0 Å². The molecule has 1 saturated carbocycles. The third kappa shape index (κ3) is 3.55. The third-order valence-corrected chi connectivity index (χ3v) is 4.96. The molecule has 112 valence electrons. The summed E-state index contributed by atoms with van der Waals surface area (Å²) < 4.78 is 0. The van der Waals surface area contributed by atoms with Gasteiger partial charge in [-0.05, 0) is 50.3 Å². The molecule has 0 spiro atoms. The monoisotopic (exact) mass is 295 g/mol. The van der Waals surface area contributed by atoms with Crippen molar-refractivity contribution < 1.29 is 5.11 Å². The molecule has 3 heteroatoms. The molecule has 1 aromatic carbocycles. The fourth-order valence-corrected chi connectivity index (χ4v) is 3.81. The maximum atomic E-state index is 10.2. The standard InChI is InChI=1S/C17H25NO.ClH/c19-17-9-5-4-8-16(17)18-12-10-15(11-13-18)14-6-2-1-3-7-14;/h1-3,6-7,15-17,19H,4-5,8-13H2;1H/t16?,17-;/m1./s1. The second-order valence-electron chi connectivity index (χ2n) is 6.14. The summed E-state index contributed by atoms with van der Waals surface area (Å²) in [6.07, 6.45) is 7.10. The van der Waals surface area contributed by atoms with Crippen LogP contribution in [0.1, 0.15) is 50.0 Å². The van der Waals surface area contributed by atoms with Gasteiger partial charge < -0.3 is 5.11 Å². The fraction of sp³-hybridized carbons (Fsp3) is 0.647. The minimum Gasteiger partial charge on any atom is -0.391 e. The van der Waals surface area contributed by atoms with Crippen LogP contribution in [-0.4, -0.2) is 35.2 Å². The van der Waals surface area contributed by atoms with E-state index in [0.717, 1.165) is 25.4 Å². The molecular formula is C17H26ClNO. The van der Waals surface area contributed by atoms with Crippen LogP contribution in [0, 0.1) is 0 Å². The van der Waals surface area contributed by atoms with Crippen LogP contribution in [0.15, 0.2) is 30.3 Å². The number of piperidine rings is 1. The number of halogens is 1. The van der Waals surface area contributed by atoms with Gasteiger partial charge in [0, 0.05) is 6.04 Å². The zero-order valence-corrected chi connectivity index (χ0v) is 12.9. The summed E-state index contributed by atoms with van der Waals surface area (Å²) in [5.41, 5.74) is 1.49. The molecule has 0 radical (unpaired) electrons. The number of aliphatic hydroxyl groups is 1. The Labute approximate surface area is 128 Å². The van der Waals surface area contributed by atoms with Gasteiger partial charge in [0.15, 0.2) is 0 Å². The zero-order chi connectivity index (χ0) is 13.1. The number of aliphatic hydroxyl groups excluding tert-OH is 1. The summed E-state index contributed by atoms with van der Waals surface area (Å²) in [6, 6.07) is 11.3. The van der Waals surface area contributed by atoms with E-state index in [-0.39, 0.29) is 18.5 Å². The van der Waals surface area contributed by atoms with Gasteiger partial charge in [0.25, 0.3) is 0 Å². The first-order chi connectivity index (χ1) is 9.34. The normalized spacial score (nSPS) is 28.9. The number of benzene rings is 1. The van der Waals surface area contributed by atoms with Crippen LogP contribution >= 0.6 is 12.4 Å². The first-order valence-corrected chi connectivity index (χ1v) is 7.81. The summed E-state index contributed by atoms with van der Waals surface area (Å²) in [5, 5.41) is 10.2. The highest BCUT2D eigenvalue weighted by Gasteiger charge is 2.31. The number of rotatable bonds is 2. The SMILES string of the molecule is Cl.O[C@@H]1CCCCC1N1CCC(c2ccccc2)CC1. The Hall–Kier alpha value is -0.570. The van der Waals surface area contributed by atoms with E-state index in [1.165, 1.54) is 37.7 Å². The average Bonchev–Trinajstić information content (AvgIpc) is 2.49. The molecule has 2 nitrogen and oxygen atoms in total. The van der Waals surface area contributed by atoms with E-state index in [0.29, 0.717) is 6.04 Å². The predicted molar refractivity (Wildman–Crippen MR) is 85.5 cm³/mol. The molecule has 1 N–H and O–H groups in total. The lowest BCUT2D eigenvalue weighted by atomic mass is 9.86. The van der Waals surface area contributed by atoms with Crippen molar-refractivity contribution in [1.82, 2.24) is 4.90 Å². The van der Waals surface area contributed by atoms with Gasteiger partial charge in [-0.15, -0.1) is 12.4 Å². The molecule has 2 fully saturated rings. The molecule has 1 saturated heterocycles. The maximum Gasteiger partial charge on any atom is 0.0695 e. The van der Waals surface area contributed by atoms with E-state index < -0.39 is 0 Å². The molecule has 1 aliphatic heterocycles. The number of nitrogens with zero attached hydrogens (tertiary/aromatic N) is 1. The molecule has 1 heterocycles. The predicted octanol–water partition coefficient (Wildman–Crippen LogP) is 3.59. The highest BCUT2D eigenvalue weighted by Crippen LogP contribution is 2.31. The maximum absolute atomic E-state index is 10.2. The van der Waals surface area contributed by atoms with Crippen LogP contribution < -0.4 is 0 Å². The zero-order valence-electron chi connectivity index (χ0n) is 12.1. The van der Waals surface area contributed by atoms with Gasteiger partial charge in [-0.25, -0.2) is 0 Å². The van der Waals surface area contributed by atoms with Gasteiger partial charge in [0.2, 0.25) is 0 Å². The van der Waals surface area contributed by atoms with Crippen molar-refractivity contribution in [2.45, 2.75) is 56.6 Å². The number of likely N-dealkylation sites (tertiary alicyclic amines) is 1. The van der Waals surface area contributed by atoms with Crippen molar-refractivity contribution >= 4 is 12.4 Å². The first kappa shape index (κ1) is 15.8. The molecule has 3 rings (SSSR count). The van der Waals surface area contributed by atoms with Gasteiger partial charge in [0.1, 0.15) is 0 Å². The van der Waals surface area contributed by atoms with E-state index in [1.54, 1.807) is 0 Å². The van der Waals surface area contributed by atoms with Crippen molar-refractivity contribution in [1.29, 1.82) is 0 Å². The van der Waals surface area contributed by atoms with Crippen LogP contribution in [0.3, 0.4) is 0 Å². The Morgan fingerprint density at radius 3 is 2.20 bits per heavy atom. The Morgan fingerprint density at radius 1 is 0.900 bits per heavy atom. The molecule has 0 aromatic heterocycles. The molecule has 1 aliphatic carbocycles. The highest BCUT2D eigenvalue weighted by atomic mass is 35.5. The van der Waals surface area contributed by atoms with Crippen molar-refractivity contribution in [2.24, 2.45) is 0 Å². The molecular weight excluding hydrogens is 270 g/mol. The second kappa shape index (κ2) is 7.44. The summed E-state index contributed by atoms with van der Waals surface area (Å²) in [4.78, 5) is 2.54. The van der Waals surface area contributed by atoms with Gasteiger partial charge in [-0.3, -0.25) is 4.90 Å². The topological polar surface area (TPSA) is 23.5 Å². The molecule has 0 bridgehead atoms. The molecule has 2 aliphatic rings. The summed E-state index contributed by atoms with van der Waals surface area (Å²) in [7, 11) is 0. The van der Waals surface area contributed by atoms with Crippen molar-refractivity contribution in [2.75, 3.05) is 13.1 Å². The lowest BCUT2D eigenvalue weighted by Gasteiger charge is -2.41. The first-order valence-electron chi connectivity index (χ1n) is 7.81. The minimum atomic E-state index is -0.0815. The molecule has 1 unspecified atom stereocenters. The minimum absolute atomic E-state index is 0. The summed E-state index contributed by atoms with van der Waals surface area (Å²) in [5.74, 6) is 0.721. The molecule has 20 heavy (non-hydrogen) atoms.